The Morgan fingerprint density at radius 1 is 1.03 bits per heavy atom. The molecule has 1 unspecified atom stereocenters. The number of nitrogens with zero attached hydrogens (tertiary/aromatic N) is 1. The van der Waals surface area contributed by atoms with Gasteiger partial charge in [-0.15, -0.1) is 0 Å². The van der Waals surface area contributed by atoms with E-state index >= 15 is 0 Å². The van der Waals surface area contributed by atoms with E-state index in [1.807, 2.05) is 42.5 Å². The average Bonchev–Trinajstić information content (AvgIpc) is 2.72. The van der Waals surface area contributed by atoms with Gasteiger partial charge in [0.1, 0.15) is 18.4 Å². The monoisotopic (exact) mass is 480 g/mol. The molecule has 0 aliphatic carbocycles. The normalized spacial score (nSPS) is 12.4. The zero-order chi connectivity index (χ0) is 22.6. The van der Waals surface area contributed by atoms with E-state index in [-0.39, 0.29) is 23.9 Å². The van der Waals surface area contributed by atoms with E-state index in [2.05, 4.69) is 5.32 Å². The molecule has 3 rings (SSSR count). The van der Waals surface area contributed by atoms with Gasteiger partial charge in [-0.3, -0.25) is 9.10 Å². The first-order chi connectivity index (χ1) is 14.7. The third-order valence-electron chi connectivity index (χ3n) is 4.64. The molecule has 0 bridgehead atoms. The predicted molar refractivity (Wildman–Crippen MR) is 126 cm³/mol. The molecule has 0 heterocycles. The van der Waals surface area contributed by atoms with Crippen molar-refractivity contribution in [3.8, 4) is 5.75 Å². The first kappa shape index (κ1) is 23.2. The lowest BCUT2D eigenvalue weighted by molar-refractivity contribution is -0.121. The minimum Gasteiger partial charge on any atom is -0.492 e. The van der Waals surface area contributed by atoms with Crippen LogP contribution in [0.25, 0.3) is 10.8 Å². The lowest BCUT2D eigenvalue weighted by Crippen LogP contribution is -2.48. The molecule has 3 aromatic rings. The Morgan fingerprint density at radius 3 is 2.42 bits per heavy atom. The summed E-state index contributed by atoms with van der Waals surface area (Å²) in [5.74, 6) is 0.230. The zero-order valence-electron chi connectivity index (χ0n) is 17.0. The maximum absolute atomic E-state index is 12.6. The minimum absolute atomic E-state index is 0.198. The molecule has 0 aliphatic rings. The number of nitrogens with one attached hydrogen (secondary N) is 1. The number of hydrogen-bond acceptors (Lipinski definition) is 4. The van der Waals surface area contributed by atoms with Crippen LogP contribution in [0.1, 0.15) is 6.92 Å². The number of rotatable bonds is 8. The number of sulfonamides is 1. The molecule has 0 aliphatic heterocycles. The van der Waals surface area contributed by atoms with Crippen LogP contribution < -0.4 is 14.4 Å². The Balaban J connectivity index is 1.61. The Bertz CT molecular complexity index is 1200. The number of anilines is 1. The van der Waals surface area contributed by atoms with Gasteiger partial charge in [-0.05, 0) is 48.0 Å². The SMILES string of the molecule is CC(C(=O)NCCOc1ccc2ccccc2c1)N(c1ccc(Cl)c(Cl)c1)S(C)(=O)=O. The third kappa shape index (κ3) is 5.81. The van der Waals surface area contributed by atoms with Crippen molar-refractivity contribution in [2.75, 3.05) is 23.7 Å². The van der Waals surface area contributed by atoms with Crippen LogP contribution >= 0.6 is 23.2 Å². The molecule has 0 aromatic heterocycles. The number of halogens is 2. The summed E-state index contributed by atoms with van der Waals surface area (Å²) >= 11 is 11.9. The molecule has 0 radical (unpaired) electrons. The van der Waals surface area contributed by atoms with Crippen molar-refractivity contribution in [2.45, 2.75) is 13.0 Å². The number of fused-ring (bicyclic) bond motifs is 1. The molecular formula is C22H22Cl2N2O4S. The molecule has 0 saturated heterocycles. The van der Waals surface area contributed by atoms with Gasteiger partial charge < -0.3 is 10.1 Å². The number of ether oxygens (including phenoxy) is 1. The smallest absolute Gasteiger partial charge is 0.243 e. The van der Waals surface area contributed by atoms with Gasteiger partial charge in [-0.1, -0.05) is 53.5 Å². The minimum atomic E-state index is -3.75. The van der Waals surface area contributed by atoms with E-state index in [0.29, 0.717) is 10.8 Å². The standard InChI is InChI=1S/C22H22Cl2N2O4S/c1-15(26(31(2,28)29)18-8-10-20(23)21(24)14-18)22(27)25-11-12-30-19-9-7-16-5-3-4-6-17(16)13-19/h3-10,13-15H,11-12H2,1-2H3,(H,25,27). The predicted octanol–water partition coefficient (Wildman–Crippen LogP) is 4.50. The van der Waals surface area contributed by atoms with Crippen molar-refractivity contribution in [1.82, 2.24) is 5.32 Å². The highest BCUT2D eigenvalue weighted by Crippen LogP contribution is 2.29. The quantitative estimate of drug-likeness (QED) is 0.481. The summed E-state index contributed by atoms with van der Waals surface area (Å²) < 4.78 is 31.4. The summed E-state index contributed by atoms with van der Waals surface area (Å²) in [5.41, 5.74) is 0.256. The lowest BCUT2D eigenvalue weighted by atomic mass is 10.1. The van der Waals surface area contributed by atoms with Crippen molar-refractivity contribution in [2.24, 2.45) is 0 Å². The molecular weight excluding hydrogens is 459 g/mol. The van der Waals surface area contributed by atoms with Crippen LogP contribution in [0, 0.1) is 0 Å². The van der Waals surface area contributed by atoms with Crippen LogP contribution in [0.15, 0.2) is 60.7 Å². The molecule has 1 N–H and O–H groups in total. The van der Waals surface area contributed by atoms with E-state index in [1.54, 1.807) is 0 Å². The summed E-state index contributed by atoms with van der Waals surface area (Å²) in [5, 5.41) is 5.37. The number of carbonyl (C=O) groups excluding carboxylic acids is 1. The average molecular weight is 481 g/mol. The molecule has 6 nitrogen and oxygen atoms in total. The molecule has 164 valence electrons. The van der Waals surface area contributed by atoms with Gasteiger partial charge in [-0.2, -0.15) is 0 Å². The van der Waals surface area contributed by atoms with Crippen molar-refractivity contribution in [3.63, 3.8) is 0 Å². The van der Waals surface area contributed by atoms with Crippen LogP contribution in [0.2, 0.25) is 10.0 Å². The Labute approximate surface area is 191 Å². The lowest BCUT2D eigenvalue weighted by Gasteiger charge is -2.28. The molecule has 3 aromatic carbocycles. The third-order valence-corrected chi connectivity index (χ3v) is 6.62. The summed E-state index contributed by atoms with van der Waals surface area (Å²) in [4.78, 5) is 12.6. The number of amides is 1. The van der Waals surface area contributed by atoms with Gasteiger partial charge in [-0.25, -0.2) is 8.42 Å². The van der Waals surface area contributed by atoms with E-state index < -0.39 is 22.0 Å². The maximum atomic E-state index is 12.6. The van der Waals surface area contributed by atoms with Gasteiger partial charge >= 0.3 is 0 Å². The van der Waals surface area contributed by atoms with Crippen molar-refractivity contribution in [3.05, 3.63) is 70.7 Å². The zero-order valence-corrected chi connectivity index (χ0v) is 19.3. The van der Waals surface area contributed by atoms with Crippen LogP contribution in [0.5, 0.6) is 5.75 Å². The van der Waals surface area contributed by atoms with Crippen LogP contribution in [-0.4, -0.2) is 39.8 Å². The van der Waals surface area contributed by atoms with Crippen molar-refractivity contribution >= 4 is 55.6 Å². The largest absolute Gasteiger partial charge is 0.492 e. The van der Waals surface area contributed by atoms with Gasteiger partial charge in [0.15, 0.2) is 0 Å². The topological polar surface area (TPSA) is 75.7 Å². The fraction of sp³-hybridized carbons (Fsp3) is 0.227. The van der Waals surface area contributed by atoms with Crippen molar-refractivity contribution < 1.29 is 17.9 Å². The maximum Gasteiger partial charge on any atom is 0.243 e. The molecule has 9 heteroatoms. The number of benzene rings is 3. The Hall–Kier alpha value is -2.48. The highest BCUT2D eigenvalue weighted by Gasteiger charge is 2.29. The van der Waals surface area contributed by atoms with Gasteiger partial charge in [0.25, 0.3) is 0 Å². The highest BCUT2D eigenvalue weighted by atomic mass is 35.5. The van der Waals surface area contributed by atoms with E-state index in [9.17, 15) is 13.2 Å². The van der Waals surface area contributed by atoms with E-state index in [4.69, 9.17) is 27.9 Å². The Morgan fingerprint density at radius 2 is 1.74 bits per heavy atom. The molecule has 1 atom stereocenters. The Kier molecular flexibility index (Phi) is 7.30. The van der Waals surface area contributed by atoms with Crippen molar-refractivity contribution in [1.29, 1.82) is 0 Å². The number of hydrogen-bond donors (Lipinski definition) is 1. The molecule has 0 spiro atoms. The number of carbonyl (C=O) groups is 1. The second-order valence-corrected chi connectivity index (χ2v) is 9.66. The fourth-order valence-electron chi connectivity index (χ4n) is 3.18. The summed E-state index contributed by atoms with van der Waals surface area (Å²) in [6, 6.07) is 17.1. The second kappa shape index (κ2) is 9.77. The first-order valence-corrected chi connectivity index (χ1v) is 12.1. The van der Waals surface area contributed by atoms with Crippen LogP contribution in [0.4, 0.5) is 5.69 Å². The molecule has 1 amide bonds. The van der Waals surface area contributed by atoms with E-state index in [0.717, 1.165) is 21.3 Å². The summed E-state index contributed by atoms with van der Waals surface area (Å²) in [6.07, 6.45) is 1.03. The summed E-state index contributed by atoms with van der Waals surface area (Å²) in [7, 11) is -3.75. The highest BCUT2D eigenvalue weighted by molar-refractivity contribution is 7.92. The molecule has 0 saturated carbocycles. The fourth-order valence-corrected chi connectivity index (χ4v) is 4.64. The van der Waals surface area contributed by atoms with Gasteiger partial charge in [0, 0.05) is 0 Å². The van der Waals surface area contributed by atoms with Gasteiger partial charge in [0.05, 0.1) is 28.5 Å². The van der Waals surface area contributed by atoms with E-state index in [1.165, 1.54) is 25.1 Å². The molecule has 0 fully saturated rings. The van der Waals surface area contributed by atoms with Crippen LogP contribution in [0.3, 0.4) is 0 Å². The first-order valence-electron chi connectivity index (χ1n) is 9.50. The second-order valence-electron chi connectivity index (χ2n) is 6.98. The summed E-state index contributed by atoms with van der Waals surface area (Å²) in [6.45, 7) is 1.96. The van der Waals surface area contributed by atoms with Gasteiger partial charge in [0.2, 0.25) is 15.9 Å². The molecule has 31 heavy (non-hydrogen) atoms. The van der Waals surface area contributed by atoms with Crippen LogP contribution in [-0.2, 0) is 14.8 Å².